The molecule has 9 nitrogen and oxygen atoms in total. The summed E-state index contributed by atoms with van der Waals surface area (Å²) in [7, 11) is 1.24. The predicted octanol–water partition coefficient (Wildman–Crippen LogP) is 2.08. The van der Waals surface area contributed by atoms with Crippen LogP contribution in [0.3, 0.4) is 0 Å². The van der Waals surface area contributed by atoms with Crippen LogP contribution in [0.1, 0.15) is 19.5 Å². The first-order valence-corrected chi connectivity index (χ1v) is 11.2. The number of benzene rings is 1. The SMILES string of the molecule is COC(=O)C1=C(CN2CCOCC2C(=O)O)NC(c2nccs2)=NC1c1ccc(F)cc1Cl.[Ca+2].[H-].[H-]. The number of hydrogen-bond donors (Lipinski definition) is 2. The van der Waals surface area contributed by atoms with Crippen molar-refractivity contribution in [3.8, 4) is 0 Å². The summed E-state index contributed by atoms with van der Waals surface area (Å²) in [6, 6.07) is 2.05. The Kier molecular flexibility index (Phi) is 9.44. The fourth-order valence-corrected chi connectivity index (χ4v) is 4.58. The molecule has 0 spiro atoms. The molecule has 0 amide bonds. The Morgan fingerprint density at radius 2 is 2.26 bits per heavy atom. The molecular weight excluding hydrogens is 515 g/mol. The number of carbonyl (C=O) groups excluding carboxylic acids is 1. The van der Waals surface area contributed by atoms with E-state index in [0.29, 0.717) is 35.3 Å². The molecular formula is C21H22CaClFN4O5S. The van der Waals surface area contributed by atoms with Crippen LogP contribution in [0.5, 0.6) is 0 Å². The van der Waals surface area contributed by atoms with Crippen molar-refractivity contribution >= 4 is 78.5 Å². The van der Waals surface area contributed by atoms with Crippen LogP contribution in [0.15, 0.2) is 46.0 Å². The minimum Gasteiger partial charge on any atom is -1.00 e. The molecule has 2 unspecified atom stereocenters. The van der Waals surface area contributed by atoms with Crippen LogP contribution in [-0.2, 0) is 19.1 Å². The quantitative estimate of drug-likeness (QED) is 0.426. The maximum absolute atomic E-state index is 13.7. The molecule has 0 aliphatic carbocycles. The van der Waals surface area contributed by atoms with Crippen molar-refractivity contribution < 1.29 is 31.4 Å². The number of morpholine rings is 1. The summed E-state index contributed by atoms with van der Waals surface area (Å²) in [5.41, 5.74) is 0.964. The van der Waals surface area contributed by atoms with Gasteiger partial charge in [-0.25, -0.2) is 14.2 Å². The number of aliphatic carboxylic acids is 1. The normalized spacial score (nSPS) is 20.7. The zero-order valence-electron chi connectivity index (χ0n) is 20.2. The zero-order valence-corrected chi connectivity index (χ0v) is 21.9. The molecule has 1 saturated heterocycles. The van der Waals surface area contributed by atoms with Gasteiger partial charge in [0.15, 0.2) is 10.8 Å². The third kappa shape index (κ3) is 5.78. The van der Waals surface area contributed by atoms with Gasteiger partial charge >= 0.3 is 49.7 Å². The standard InChI is InChI=1S/C21H20ClFN4O5S.Ca.2H/c1-31-21(30)16-14(9-27-5-6-32-10-15(27)20(28)29)25-18(19-24-4-7-33-19)26-17(16)12-3-2-11(23)8-13(12)22;;;/h2-4,7-8,15,17H,5-6,9-10H2,1H3,(H,25,26)(H,28,29);;;/q;+2;2*-1. The minimum absolute atomic E-state index is 0. The van der Waals surface area contributed by atoms with Gasteiger partial charge in [0.1, 0.15) is 17.9 Å². The zero-order chi connectivity index (χ0) is 23.5. The molecule has 34 heavy (non-hydrogen) atoms. The van der Waals surface area contributed by atoms with Crippen LogP contribution in [0.4, 0.5) is 4.39 Å². The molecule has 13 heteroatoms. The second kappa shape index (κ2) is 11.9. The van der Waals surface area contributed by atoms with Crippen LogP contribution in [0.25, 0.3) is 0 Å². The van der Waals surface area contributed by atoms with E-state index >= 15 is 0 Å². The number of carboxylic acids is 1. The number of halogens is 2. The predicted molar refractivity (Wildman–Crippen MR) is 127 cm³/mol. The molecule has 0 bridgehead atoms. The van der Waals surface area contributed by atoms with Crippen molar-refractivity contribution in [3.05, 3.63) is 62.5 Å². The number of thiazole rings is 1. The molecule has 1 aromatic heterocycles. The number of methoxy groups -OCH3 is 1. The van der Waals surface area contributed by atoms with Gasteiger partial charge in [-0.05, 0) is 12.1 Å². The second-order valence-corrected chi connectivity index (χ2v) is 8.59. The van der Waals surface area contributed by atoms with E-state index in [1.807, 2.05) is 0 Å². The number of aromatic nitrogens is 1. The smallest absolute Gasteiger partial charge is 1.00 e. The summed E-state index contributed by atoms with van der Waals surface area (Å²) in [6.45, 7) is 0.814. The third-order valence-electron chi connectivity index (χ3n) is 5.31. The van der Waals surface area contributed by atoms with Crippen molar-refractivity contribution in [1.82, 2.24) is 15.2 Å². The van der Waals surface area contributed by atoms with Gasteiger partial charge in [-0.3, -0.25) is 14.7 Å². The molecule has 1 fully saturated rings. The molecule has 2 aromatic rings. The largest absolute Gasteiger partial charge is 2.00 e. The van der Waals surface area contributed by atoms with E-state index in [9.17, 15) is 19.1 Å². The topological polar surface area (TPSA) is 113 Å². The van der Waals surface area contributed by atoms with E-state index in [-0.39, 0.29) is 64.3 Å². The number of aliphatic imine (C=N–C) groups is 1. The van der Waals surface area contributed by atoms with E-state index in [4.69, 9.17) is 21.1 Å². The summed E-state index contributed by atoms with van der Waals surface area (Å²) < 4.78 is 24.1. The first kappa shape index (κ1) is 27.0. The van der Waals surface area contributed by atoms with Crippen LogP contribution in [0, 0.1) is 5.82 Å². The van der Waals surface area contributed by atoms with Crippen molar-refractivity contribution in [2.24, 2.45) is 4.99 Å². The Hall–Kier alpha value is -1.60. The van der Waals surface area contributed by atoms with Crippen molar-refractivity contribution in [1.29, 1.82) is 0 Å². The summed E-state index contributed by atoms with van der Waals surface area (Å²) in [5.74, 6) is -1.83. The summed E-state index contributed by atoms with van der Waals surface area (Å²) in [4.78, 5) is 35.3. The fraction of sp³-hybridized carbons (Fsp3) is 0.333. The summed E-state index contributed by atoms with van der Waals surface area (Å²) in [5, 5.41) is 15.2. The summed E-state index contributed by atoms with van der Waals surface area (Å²) in [6.07, 6.45) is 1.62. The Labute approximate surface area is 236 Å². The van der Waals surface area contributed by atoms with Crippen LogP contribution < -0.4 is 5.32 Å². The summed E-state index contributed by atoms with van der Waals surface area (Å²) >= 11 is 7.67. The maximum Gasteiger partial charge on any atom is 2.00 e. The van der Waals surface area contributed by atoms with Gasteiger partial charge in [-0.2, -0.15) is 0 Å². The van der Waals surface area contributed by atoms with E-state index in [1.54, 1.807) is 16.5 Å². The third-order valence-corrected chi connectivity index (χ3v) is 6.42. The second-order valence-electron chi connectivity index (χ2n) is 7.29. The number of esters is 1. The van der Waals surface area contributed by atoms with E-state index in [0.717, 1.165) is 6.07 Å². The molecule has 0 radical (unpaired) electrons. The molecule has 2 aliphatic heterocycles. The van der Waals surface area contributed by atoms with Gasteiger partial charge in [-0.1, -0.05) is 17.7 Å². The Morgan fingerprint density at radius 1 is 1.47 bits per heavy atom. The van der Waals surface area contributed by atoms with E-state index < -0.39 is 29.8 Å². The molecule has 2 aliphatic rings. The number of carbonyl (C=O) groups is 2. The van der Waals surface area contributed by atoms with Crippen LogP contribution in [-0.4, -0.2) is 110 Å². The van der Waals surface area contributed by atoms with Crippen LogP contribution in [0.2, 0.25) is 5.02 Å². The van der Waals surface area contributed by atoms with Crippen LogP contribution >= 0.6 is 22.9 Å². The number of nitrogens with zero attached hydrogens (tertiary/aromatic N) is 3. The van der Waals surface area contributed by atoms with E-state index in [1.165, 1.54) is 30.6 Å². The van der Waals surface area contributed by atoms with Gasteiger partial charge in [0.25, 0.3) is 0 Å². The maximum atomic E-state index is 13.7. The Morgan fingerprint density at radius 3 is 2.91 bits per heavy atom. The first-order chi connectivity index (χ1) is 15.9. The monoisotopic (exact) mass is 536 g/mol. The molecule has 2 N–H and O–H groups in total. The molecule has 2 atom stereocenters. The Bertz CT molecular complexity index is 1140. The molecule has 1 aromatic carbocycles. The molecule has 4 rings (SSSR count). The van der Waals surface area contributed by atoms with Gasteiger partial charge in [0.2, 0.25) is 0 Å². The number of amidine groups is 1. The first-order valence-electron chi connectivity index (χ1n) is 9.94. The van der Waals surface area contributed by atoms with Crippen molar-refractivity contribution in [2.75, 3.05) is 33.4 Å². The molecule has 3 heterocycles. The van der Waals surface area contributed by atoms with Gasteiger partial charge in [0, 0.05) is 40.9 Å². The number of carboxylic acid groups (broad SMARTS) is 1. The van der Waals surface area contributed by atoms with Crippen molar-refractivity contribution in [2.45, 2.75) is 12.1 Å². The average Bonchev–Trinajstić information content (AvgIpc) is 3.33. The van der Waals surface area contributed by atoms with Gasteiger partial charge in [-0.15, -0.1) is 11.3 Å². The number of hydrogen-bond acceptors (Lipinski definition) is 9. The fourth-order valence-electron chi connectivity index (χ4n) is 3.73. The number of nitrogens with one attached hydrogen (secondary N) is 1. The minimum atomic E-state index is -1.03. The van der Waals surface area contributed by atoms with Gasteiger partial charge in [0.05, 0.1) is 25.9 Å². The molecule has 178 valence electrons. The number of rotatable bonds is 6. The average molecular weight is 537 g/mol. The molecule has 0 saturated carbocycles. The van der Waals surface area contributed by atoms with Crippen molar-refractivity contribution in [3.63, 3.8) is 0 Å². The van der Waals surface area contributed by atoms with E-state index in [2.05, 4.69) is 15.3 Å². The number of ether oxygens (including phenoxy) is 2. The Balaban J connectivity index is 0.00000216. The van der Waals surface area contributed by atoms with Gasteiger partial charge < -0.3 is 22.8 Å².